The van der Waals surface area contributed by atoms with E-state index >= 15 is 0 Å². The summed E-state index contributed by atoms with van der Waals surface area (Å²) in [5, 5.41) is 5.92. The Morgan fingerprint density at radius 2 is 2.20 bits per heavy atom. The standard InChI is InChI=1S/C16H24N2O2/c1-5-8-17-15(19)18-13-10-16(3,4)20-14-7-6-11(2)9-12(13)14/h6-7,9,13H,5,8,10H2,1-4H3,(H2,17,18,19)/t13-/m0/s1. The topological polar surface area (TPSA) is 50.4 Å². The van der Waals surface area contributed by atoms with Crippen molar-refractivity contribution in [1.29, 1.82) is 0 Å². The minimum atomic E-state index is -0.273. The van der Waals surface area contributed by atoms with Crippen molar-refractivity contribution >= 4 is 6.03 Å². The molecule has 1 aliphatic rings. The molecule has 1 atom stereocenters. The van der Waals surface area contributed by atoms with E-state index in [0.717, 1.165) is 24.2 Å². The number of urea groups is 1. The Hall–Kier alpha value is -1.71. The smallest absolute Gasteiger partial charge is 0.315 e. The van der Waals surface area contributed by atoms with Crippen LogP contribution in [0.25, 0.3) is 0 Å². The number of hydrogen-bond acceptors (Lipinski definition) is 2. The highest BCUT2D eigenvalue weighted by Gasteiger charge is 2.34. The number of aryl methyl sites for hydroxylation is 1. The normalized spacial score (nSPS) is 19.7. The number of carbonyl (C=O) groups is 1. The molecule has 4 nitrogen and oxygen atoms in total. The molecule has 0 aromatic heterocycles. The summed E-state index contributed by atoms with van der Waals surface area (Å²) in [6, 6.07) is 6.00. The molecule has 1 aliphatic heterocycles. The van der Waals surface area contributed by atoms with Crippen molar-refractivity contribution in [2.24, 2.45) is 0 Å². The fraction of sp³-hybridized carbons (Fsp3) is 0.562. The van der Waals surface area contributed by atoms with Gasteiger partial charge in [0, 0.05) is 18.5 Å². The largest absolute Gasteiger partial charge is 0.487 e. The zero-order valence-electron chi connectivity index (χ0n) is 12.7. The highest BCUT2D eigenvalue weighted by molar-refractivity contribution is 5.74. The van der Waals surface area contributed by atoms with E-state index in [0.29, 0.717) is 6.54 Å². The molecule has 2 amide bonds. The molecule has 0 radical (unpaired) electrons. The molecule has 0 spiro atoms. The summed E-state index contributed by atoms with van der Waals surface area (Å²) in [6.45, 7) is 8.88. The third kappa shape index (κ3) is 3.44. The zero-order chi connectivity index (χ0) is 14.8. The Balaban J connectivity index is 2.20. The molecule has 4 heteroatoms. The molecular formula is C16H24N2O2. The molecule has 20 heavy (non-hydrogen) atoms. The van der Waals surface area contributed by atoms with E-state index in [1.807, 2.05) is 26.0 Å². The fourth-order valence-corrected chi connectivity index (χ4v) is 2.55. The van der Waals surface area contributed by atoms with E-state index in [-0.39, 0.29) is 17.7 Å². The van der Waals surface area contributed by atoms with Gasteiger partial charge in [0.15, 0.2) is 0 Å². The number of nitrogens with one attached hydrogen (secondary N) is 2. The third-order valence-corrected chi connectivity index (χ3v) is 3.46. The van der Waals surface area contributed by atoms with Crippen LogP contribution in [0.1, 0.15) is 50.8 Å². The SMILES string of the molecule is CCCNC(=O)N[C@H]1CC(C)(C)Oc2ccc(C)cc21. The number of benzene rings is 1. The van der Waals surface area contributed by atoms with Gasteiger partial charge in [-0.15, -0.1) is 0 Å². The summed E-state index contributed by atoms with van der Waals surface area (Å²) in [6.07, 6.45) is 1.70. The molecule has 0 bridgehead atoms. The van der Waals surface area contributed by atoms with Gasteiger partial charge in [0.25, 0.3) is 0 Å². The number of amides is 2. The van der Waals surface area contributed by atoms with Crippen molar-refractivity contribution in [3.05, 3.63) is 29.3 Å². The van der Waals surface area contributed by atoms with Crippen molar-refractivity contribution in [3.63, 3.8) is 0 Å². The molecule has 0 fully saturated rings. The number of ether oxygens (including phenoxy) is 1. The van der Waals surface area contributed by atoms with Crippen LogP contribution in [0, 0.1) is 6.92 Å². The fourth-order valence-electron chi connectivity index (χ4n) is 2.55. The van der Waals surface area contributed by atoms with Crippen LogP contribution in [0.3, 0.4) is 0 Å². The third-order valence-electron chi connectivity index (χ3n) is 3.46. The lowest BCUT2D eigenvalue weighted by molar-refractivity contribution is 0.0678. The van der Waals surface area contributed by atoms with Crippen molar-refractivity contribution in [3.8, 4) is 5.75 Å². The first kappa shape index (κ1) is 14.7. The second-order valence-electron chi connectivity index (χ2n) is 6.06. The van der Waals surface area contributed by atoms with Crippen LogP contribution in [-0.4, -0.2) is 18.2 Å². The minimum absolute atomic E-state index is 0.00879. The van der Waals surface area contributed by atoms with Crippen LogP contribution in [0.5, 0.6) is 5.75 Å². The monoisotopic (exact) mass is 276 g/mol. The van der Waals surface area contributed by atoms with E-state index in [2.05, 4.69) is 30.5 Å². The average molecular weight is 276 g/mol. The molecular weight excluding hydrogens is 252 g/mol. The quantitative estimate of drug-likeness (QED) is 0.890. The van der Waals surface area contributed by atoms with E-state index in [1.165, 1.54) is 5.56 Å². The molecule has 110 valence electrons. The molecule has 1 heterocycles. The van der Waals surface area contributed by atoms with Crippen LogP contribution >= 0.6 is 0 Å². The van der Waals surface area contributed by atoms with Crippen LogP contribution in [0.4, 0.5) is 4.79 Å². The molecule has 0 saturated carbocycles. The molecule has 0 unspecified atom stereocenters. The molecule has 2 rings (SSSR count). The first-order chi connectivity index (χ1) is 9.41. The van der Waals surface area contributed by atoms with Gasteiger partial charge in [0.1, 0.15) is 11.4 Å². The van der Waals surface area contributed by atoms with Crippen molar-refractivity contribution < 1.29 is 9.53 Å². The predicted molar refractivity (Wildman–Crippen MR) is 80.1 cm³/mol. The lowest BCUT2D eigenvalue weighted by atomic mass is 9.89. The summed E-state index contributed by atoms with van der Waals surface area (Å²) in [5.41, 5.74) is 1.97. The lowest BCUT2D eigenvalue weighted by Gasteiger charge is -2.38. The Morgan fingerprint density at radius 3 is 2.90 bits per heavy atom. The highest BCUT2D eigenvalue weighted by atomic mass is 16.5. The number of rotatable bonds is 3. The minimum Gasteiger partial charge on any atom is -0.487 e. The van der Waals surface area contributed by atoms with Gasteiger partial charge in [-0.05, 0) is 33.3 Å². The first-order valence-corrected chi connectivity index (χ1v) is 7.25. The number of hydrogen-bond donors (Lipinski definition) is 2. The van der Waals surface area contributed by atoms with Crippen molar-refractivity contribution in [2.45, 2.75) is 52.2 Å². The van der Waals surface area contributed by atoms with Crippen LogP contribution in [0.15, 0.2) is 18.2 Å². The molecule has 0 aliphatic carbocycles. The van der Waals surface area contributed by atoms with Gasteiger partial charge in [-0.3, -0.25) is 0 Å². The Morgan fingerprint density at radius 1 is 1.45 bits per heavy atom. The van der Waals surface area contributed by atoms with Crippen molar-refractivity contribution in [1.82, 2.24) is 10.6 Å². The second-order valence-corrected chi connectivity index (χ2v) is 6.06. The van der Waals surface area contributed by atoms with Gasteiger partial charge in [0.05, 0.1) is 6.04 Å². The Kier molecular flexibility index (Phi) is 4.21. The molecule has 1 aromatic carbocycles. The zero-order valence-corrected chi connectivity index (χ0v) is 12.7. The summed E-state index contributed by atoms with van der Waals surface area (Å²) in [4.78, 5) is 11.9. The van der Waals surface area contributed by atoms with Gasteiger partial charge in [-0.25, -0.2) is 4.79 Å². The molecule has 0 saturated heterocycles. The number of carbonyl (C=O) groups excluding carboxylic acids is 1. The van der Waals surface area contributed by atoms with E-state index in [4.69, 9.17) is 4.74 Å². The Labute approximate surface area is 120 Å². The van der Waals surface area contributed by atoms with E-state index in [9.17, 15) is 4.79 Å². The molecule has 2 N–H and O–H groups in total. The molecule has 1 aromatic rings. The van der Waals surface area contributed by atoms with Gasteiger partial charge in [0.2, 0.25) is 0 Å². The van der Waals surface area contributed by atoms with Crippen LogP contribution in [0.2, 0.25) is 0 Å². The maximum Gasteiger partial charge on any atom is 0.315 e. The summed E-state index contributed by atoms with van der Waals surface area (Å²) in [7, 11) is 0. The predicted octanol–water partition coefficient (Wildman–Crippen LogP) is 3.31. The first-order valence-electron chi connectivity index (χ1n) is 7.25. The van der Waals surface area contributed by atoms with Crippen LogP contribution < -0.4 is 15.4 Å². The highest BCUT2D eigenvalue weighted by Crippen LogP contribution is 2.39. The van der Waals surface area contributed by atoms with Gasteiger partial charge in [-0.1, -0.05) is 24.6 Å². The van der Waals surface area contributed by atoms with Crippen LogP contribution in [-0.2, 0) is 0 Å². The summed E-state index contributed by atoms with van der Waals surface area (Å²) < 4.78 is 6.00. The maximum atomic E-state index is 11.9. The van der Waals surface area contributed by atoms with E-state index < -0.39 is 0 Å². The Bertz CT molecular complexity index is 497. The maximum absolute atomic E-state index is 11.9. The number of fused-ring (bicyclic) bond motifs is 1. The van der Waals surface area contributed by atoms with Gasteiger partial charge >= 0.3 is 6.03 Å². The summed E-state index contributed by atoms with van der Waals surface area (Å²) >= 11 is 0. The lowest BCUT2D eigenvalue weighted by Crippen LogP contribution is -2.44. The second kappa shape index (κ2) is 5.73. The summed E-state index contributed by atoms with van der Waals surface area (Å²) in [5.74, 6) is 0.868. The van der Waals surface area contributed by atoms with Gasteiger partial charge < -0.3 is 15.4 Å². The van der Waals surface area contributed by atoms with Gasteiger partial charge in [-0.2, -0.15) is 0 Å². The van der Waals surface area contributed by atoms with E-state index in [1.54, 1.807) is 0 Å². The average Bonchev–Trinajstić information content (AvgIpc) is 2.36. The van der Waals surface area contributed by atoms with Crippen molar-refractivity contribution in [2.75, 3.05) is 6.54 Å².